The molecule has 0 heterocycles. The molecule has 5 nitrogen and oxygen atoms in total. The van der Waals surface area contributed by atoms with Crippen LogP contribution in [0.3, 0.4) is 0 Å². The summed E-state index contributed by atoms with van der Waals surface area (Å²) < 4.78 is 9.65. The normalized spacial score (nSPS) is 9.94. The van der Waals surface area contributed by atoms with Crippen LogP contribution < -0.4 is 4.74 Å². The zero-order valence-electron chi connectivity index (χ0n) is 10.8. The van der Waals surface area contributed by atoms with Gasteiger partial charge >= 0.3 is 5.97 Å². The molecule has 0 fully saturated rings. The van der Waals surface area contributed by atoms with E-state index in [1.54, 1.807) is 12.1 Å². The molecular formula is C13H16N2O3. The number of esters is 1. The van der Waals surface area contributed by atoms with E-state index in [0.29, 0.717) is 17.9 Å². The molecule has 1 rings (SSSR count). The average Bonchev–Trinajstić information content (AvgIpc) is 2.38. The predicted octanol–water partition coefficient (Wildman–Crippen LogP) is 1.17. The Kier molecular flexibility index (Phi) is 5.15. The molecule has 0 saturated carbocycles. The number of hydrogen-bond acceptors (Lipinski definition) is 5. The number of rotatable bonds is 5. The molecule has 1 aromatic carbocycles. The Morgan fingerprint density at radius 3 is 2.72 bits per heavy atom. The van der Waals surface area contributed by atoms with E-state index >= 15 is 0 Å². The van der Waals surface area contributed by atoms with Gasteiger partial charge in [0.15, 0.2) is 0 Å². The van der Waals surface area contributed by atoms with Crippen LogP contribution in [0.15, 0.2) is 18.2 Å². The van der Waals surface area contributed by atoms with Crippen LogP contribution in [0.2, 0.25) is 0 Å². The van der Waals surface area contributed by atoms with Crippen molar-refractivity contribution in [3.8, 4) is 11.8 Å². The largest absolute Gasteiger partial charge is 0.495 e. The van der Waals surface area contributed by atoms with Gasteiger partial charge in [0.25, 0.3) is 0 Å². The van der Waals surface area contributed by atoms with E-state index < -0.39 is 0 Å². The summed E-state index contributed by atoms with van der Waals surface area (Å²) in [4.78, 5) is 12.9. The van der Waals surface area contributed by atoms with E-state index in [4.69, 9.17) is 10.00 Å². The number of methoxy groups -OCH3 is 2. The van der Waals surface area contributed by atoms with Crippen molar-refractivity contribution in [3.63, 3.8) is 0 Å². The Morgan fingerprint density at radius 2 is 2.17 bits per heavy atom. The van der Waals surface area contributed by atoms with Crippen LogP contribution in [0.5, 0.6) is 5.75 Å². The molecule has 0 N–H and O–H groups in total. The summed E-state index contributed by atoms with van der Waals surface area (Å²) in [5.41, 5.74) is 1.43. The van der Waals surface area contributed by atoms with E-state index in [0.717, 1.165) is 5.56 Å². The Morgan fingerprint density at radius 1 is 1.44 bits per heavy atom. The number of ether oxygens (including phenoxy) is 2. The zero-order valence-corrected chi connectivity index (χ0v) is 10.8. The van der Waals surface area contributed by atoms with Gasteiger partial charge in [0.1, 0.15) is 11.8 Å². The van der Waals surface area contributed by atoms with Gasteiger partial charge in [-0.2, -0.15) is 5.26 Å². The van der Waals surface area contributed by atoms with Gasteiger partial charge in [0, 0.05) is 6.54 Å². The third-order valence-corrected chi connectivity index (χ3v) is 2.46. The summed E-state index contributed by atoms with van der Waals surface area (Å²) in [6.07, 6.45) is 0. The molecule has 0 bridgehead atoms. The van der Waals surface area contributed by atoms with Crippen molar-refractivity contribution in [2.75, 3.05) is 27.8 Å². The Bertz CT molecular complexity index is 466. The molecule has 0 amide bonds. The number of likely N-dealkylation sites (N-methyl/N-ethyl adjacent to an activating group) is 1. The van der Waals surface area contributed by atoms with Crippen molar-refractivity contribution in [2.24, 2.45) is 0 Å². The lowest BCUT2D eigenvalue weighted by molar-refractivity contribution is -0.141. The minimum atomic E-state index is -0.286. The second-order valence-electron chi connectivity index (χ2n) is 3.89. The van der Waals surface area contributed by atoms with Gasteiger partial charge in [-0.3, -0.25) is 9.69 Å². The summed E-state index contributed by atoms with van der Waals surface area (Å²) in [5.74, 6) is 0.267. The number of carbonyl (C=O) groups is 1. The van der Waals surface area contributed by atoms with Crippen molar-refractivity contribution < 1.29 is 14.3 Å². The number of benzene rings is 1. The quantitative estimate of drug-likeness (QED) is 0.732. The minimum Gasteiger partial charge on any atom is -0.495 e. The lowest BCUT2D eigenvalue weighted by atomic mass is 10.1. The first-order valence-corrected chi connectivity index (χ1v) is 5.43. The second-order valence-corrected chi connectivity index (χ2v) is 3.89. The van der Waals surface area contributed by atoms with Crippen LogP contribution in [-0.4, -0.2) is 38.7 Å². The molecule has 0 aromatic heterocycles. The summed E-state index contributed by atoms with van der Waals surface area (Å²) >= 11 is 0. The molecule has 0 saturated heterocycles. The monoisotopic (exact) mass is 248 g/mol. The first-order valence-electron chi connectivity index (χ1n) is 5.43. The molecular weight excluding hydrogens is 232 g/mol. The highest BCUT2D eigenvalue weighted by molar-refractivity contribution is 5.71. The molecule has 0 radical (unpaired) electrons. The van der Waals surface area contributed by atoms with Crippen molar-refractivity contribution in [1.82, 2.24) is 4.90 Å². The van der Waals surface area contributed by atoms with Crippen LogP contribution >= 0.6 is 0 Å². The van der Waals surface area contributed by atoms with E-state index in [1.165, 1.54) is 14.2 Å². The summed E-state index contributed by atoms with van der Waals surface area (Å²) in [5, 5.41) is 8.97. The standard InChI is InChI=1S/C13H16N2O3/c1-15(9-13(16)18-3)8-10-4-5-12(17-2)11(6-10)7-14/h4-6H,8-9H2,1-3H3. The molecule has 0 spiro atoms. The first kappa shape index (κ1) is 14.0. The molecule has 0 aliphatic carbocycles. The number of hydrogen-bond donors (Lipinski definition) is 0. The van der Waals surface area contributed by atoms with Gasteiger partial charge < -0.3 is 9.47 Å². The maximum atomic E-state index is 11.1. The number of nitriles is 1. The number of nitrogens with zero attached hydrogens (tertiary/aromatic N) is 2. The van der Waals surface area contributed by atoms with Crippen molar-refractivity contribution in [1.29, 1.82) is 5.26 Å². The van der Waals surface area contributed by atoms with Crippen LogP contribution in [0.25, 0.3) is 0 Å². The van der Waals surface area contributed by atoms with Crippen LogP contribution in [0, 0.1) is 11.3 Å². The van der Waals surface area contributed by atoms with Crippen LogP contribution in [-0.2, 0) is 16.1 Å². The third kappa shape index (κ3) is 3.75. The maximum absolute atomic E-state index is 11.1. The number of carbonyl (C=O) groups excluding carboxylic acids is 1. The van der Waals surface area contributed by atoms with Gasteiger partial charge in [0.2, 0.25) is 0 Å². The van der Waals surface area contributed by atoms with E-state index in [1.807, 2.05) is 18.0 Å². The SMILES string of the molecule is COC(=O)CN(C)Cc1ccc(OC)c(C#N)c1. The Labute approximate surface area is 107 Å². The van der Waals surface area contributed by atoms with E-state index in [2.05, 4.69) is 10.8 Å². The van der Waals surface area contributed by atoms with Crippen LogP contribution in [0.1, 0.15) is 11.1 Å². The highest BCUT2D eigenvalue weighted by atomic mass is 16.5. The van der Waals surface area contributed by atoms with Gasteiger partial charge in [-0.25, -0.2) is 0 Å². The fraction of sp³-hybridized carbons (Fsp3) is 0.385. The van der Waals surface area contributed by atoms with Crippen molar-refractivity contribution in [2.45, 2.75) is 6.54 Å². The summed E-state index contributed by atoms with van der Waals surface area (Å²) in [7, 11) is 4.70. The smallest absolute Gasteiger partial charge is 0.319 e. The van der Waals surface area contributed by atoms with Gasteiger partial charge in [-0.05, 0) is 24.7 Å². The van der Waals surface area contributed by atoms with Crippen molar-refractivity contribution in [3.05, 3.63) is 29.3 Å². The molecule has 0 aliphatic heterocycles. The molecule has 1 aromatic rings. The van der Waals surface area contributed by atoms with Crippen molar-refractivity contribution >= 4 is 5.97 Å². The zero-order chi connectivity index (χ0) is 13.5. The lowest BCUT2D eigenvalue weighted by Gasteiger charge is -2.15. The van der Waals surface area contributed by atoms with E-state index in [9.17, 15) is 4.79 Å². The molecule has 0 unspecified atom stereocenters. The Hall–Kier alpha value is -2.06. The van der Waals surface area contributed by atoms with E-state index in [-0.39, 0.29) is 12.5 Å². The molecule has 18 heavy (non-hydrogen) atoms. The lowest BCUT2D eigenvalue weighted by Crippen LogP contribution is -2.26. The van der Waals surface area contributed by atoms with Gasteiger partial charge in [-0.15, -0.1) is 0 Å². The highest BCUT2D eigenvalue weighted by Crippen LogP contribution is 2.19. The topological polar surface area (TPSA) is 62.6 Å². The first-order chi connectivity index (χ1) is 8.60. The highest BCUT2D eigenvalue weighted by Gasteiger charge is 2.09. The van der Waals surface area contributed by atoms with Gasteiger partial charge in [0.05, 0.1) is 26.3 Å². The molecule has 96 valence electrons. The maximum Gasteiger partial charge on any atom is 0.319 e. The molecule has 5 heteroatoms. The third-order valence-electron chi connectivity index (χ3n) is 2.46. The molecule has 0 atom stereocenters. The summed E-state index contributed by atoms with van der Waals surface area (Å²) in [6, 6.07) is 7.45. The van der Waals surface area contributed by atoms with Gasteiger partial charge in [-0.1, -0.05) is 6.07 Å². The Balaban J connectivity index is 2.74. The van der Waals surface area contributed by atoms with Crippen LogP contribution in [0.4, 0.5) is 0 Å². The summed E-state index contributed by atoms with van der Waals surface area (Å²) in [6.45, 7) is 0.776. The predicted molar refractivity (Wildman–Crippen MR) is 66.1 cm³/mol. The molecule has 0 aliphatic rings. The fourth-order valence-corrected chi connectivity index (χ4v) is 1.59. The minimum absolute atomic E-state index is 0.213. The average molecular weight is 248 g/mol. The fourth-order valence-electron chi connectivity index (χ4n) is 1.59. The second kappa shape index (κ2) is 6.62.